The van der Waals surface area contributed by atoms with Gasteiger partial charge in [0.15, 0.2) is 5.65 Å². The second-order valence-corrected chi connectivity index (χ2v) is 7.96. The fourth-order valence-corrected chi connectivity index (χ4v) is 3.88. The molecule has 1 aliphatic rings. The minimum Gasteiger partial charge on any atom is -0.494 e. The molecule has 1 N–H and O–H groups in total. The standard InChI is InChI=1S/C23H23FN8O/c1-14-10-17(24)19(33-3)11-16(14)13-22-30-29-21-12-15(6-9-32(21)22)18-4-7-25-23(27-18)28-20-5-8-26-31(20)2/h4-9,11-12,14H,10,13H2,1-3H3,(H,25,27,28). The minimum absolute atomic E-state index is 0.0712. The molecule has 5 rings (SSSR count). The molecular weight excluding hydrogens is 423 g/mol. The number of rotatable bonds is 6. The third-order valence-corrected chi connectivity index (χ3v) is 5.78. The highest BCUT2D eigenvalue weighted by Gasteiger charge is 2.22. The number of pyridine rings is 1. The molecule has 0 spiro atoms. The van der Waals surface area contributed by atoms with Crippen LogP contribution in [0.1, 0.15) is 19.2 Å². The number of nitrogens with one attached hydrogen (secondary N) is 1. The molecule has 4 aromatic heterocycles. The van der Waals surface area contributed by atoms with Crippen molar-refractivity contribution >= 4 is 17.4 Å². The Balaban J connectivity index is 1.41. The van der Waals surface area contributed by atoms with Crippen molar-refractivity contribution in [3.63, 3.8) is 0 Å². The molecule has 0 radical (unpaired) electrons. The van der Waals surface area contributed by atoms with E-state index >= 15 is 0 Å². The van der Waals surface area contributed by atoms with Gasteiger partial charge < -0.3 is 10.1 Å². The van der Waals surface area contributed by atoms with Crippen LogP contribution in [-0.2, 0) is 18.2 Å². The van der Waals surface area contributed by atoms with Crippen LogP contribution in [0, 0.1) is 5.92 Å². The van der Waals surface area contributed by atoms with Crippen LogP contribution in [0.5, 0.6) is 0 Å². The summed E-state index contributed by atoms with van der Waals surface area (Å²) in [4.78, 5) is 8.91. The average molecular weight is 446 g/mol. The van der Waals surface area contributed by atoms with Gasteiger partial charge in [-0.2, -0.15) is 5.10 Å². The highest BCUT2D eigenvalue weighted by atomic mass is 19.1. The average Bonchev–Trinajstić information content (AvgIpc) is 3.41. The molecule has 1 aliphatic carbocycles. The van der Waals surface area contributed by atoms with Gasteiger partial charge in [-0.15, -0.1) is 10.2 Å². The van der Waals surface area contributed by atoms with Crippen LogP contribution in [0.15, 0.2) is 66.1 Å². The number of nitrogens with zero attached hydrogens (tertiary/aromatic N) is 7. The molecule has 0 fully saturated rings. The second kappa shape index (κ2) is 8.45. The Labute approximate surface area is 189 Å². The van der Waals surface area contributed by atoms with E-state index in [1.165, 1.54) is 7.11 Å². The Kier molecular flexibility index (Phi) is 5.33. The first kappa shape index (κ1) is 20.8. The summed E-state index contributed by atoms with van der Waals surface area (Å²) in [6.07, 6.45) is 8.01. The quantitative estimate of drug-likeness (QED) is 0.478. The van der Waals surface area contributed by atoms with Crippen LogP contribution < -0.4 is 5.32 Å². The van der Waals surface area contributed by atoms with E-state index in [0.29, 0.717) is 30.2 Å². The van der Waals surface area contributed by atoms with Crippen molar-refractivity contribution in [3.05, 3.63) is 71.9 Å². The second-order valence-electron chi connectivity index (χ2n) is 7.96. The highest BCUT2D eigenvalue weighted by Crippen LogP contribution is 2.32. The summed E-state index contributed by atoms with van der Waals surface area (Å²) in [6.45, 7) is 2.01. The van der Waals surface area contributed by atoms with Crippen molar-refractivity contribution < 1.29 is 9.13 Å². The largest absolute Gasteiger partial charge is 0.494 e. The maximum Gasteiger partial charge on any atom is 0.228 e. The normalized spacial score (nSPS) is 16.2. The zero-order chi connectivity index (χ0) is 22.9. The molecule has 168 valence electrons. The van der Waals surface area contributed by atoms with Crippen molar-refractivity contribution in [2.75, 3.05) is 12.4 Å². The SMILES string of the molecule is COC1=C(F)CC(C)C(Cc2nnc3cc(-c4ccnc(Nc5ccnn5C)n4)ccn23)=C1. The van der Waals surface area contributed by atoms with Gasteiger partial charge in [-0.25, -0.2) is 14.4 Å². The zero-order valence-electron chi connectivity index (χ0n) is 18.5. The van der Waals surface area contributed by atoms with Gasteiger partial charge in [0.05, 0.1) is 19.0 Å². The number of halogens is 1. The lowest BCUT2D eigenvalue weighted by molar-refractivity contribution is 0.278. The monoisotopic (exact) mass is 446 g/mol. The lowest BCUT2D eigenvalue weighted by Crippen LogP contribution is -2.11. The van der Waals surface area contributed by atoms with E-state index < -0.39 is 0 Å². The molecule has 1 atom stereocenters. The number of aromatic nitrogens is 7. The van der Waals surface area contributed by atoms with E-state index in [1.807, 2.05) is 48.8 Å². The molecule has 0 amide bonds. The Morgan fingerprint density at radius 3 is 2.88 bits per heavy atom. The molecule has 0 bridgehead atoms. The van der Waals surface area contributed by atoms with E-state index in [-0.39, 0.29) is 11.7 Å². The van der Waals surface area contributed by atoms with Crippen molar-refractivity contribution in [1.82, 2.24) is 34.3 Å². The number of ether oxygens (including phenoxy) is 1. The fourth-order valence-electron chi connectivity index (χ4n) is 3.88. The smallest absolute Gasteiger partial charge is 0.228 e. The lowest BCUT2D eigenvalue weighted by Gasteiger charge is -2.20. The van der Waals surface area contributed by atoms with Crippen molar-refractivity contribution in [3.8, 4) is 11.3 Å². The van der Waals surface area contributed by atoms with E-state index in [2.05, 4.69) is 30.6 Å². The van der Waals surface area contributed by atoms with Gasteiger partial charge in [0.25, 0.3) is 0 Å². The molecule has 0 saturated heterocycles. The summed E-state index contributed by atoms with van der Waals surface area (Å²) in [5.74, 6) is 2.20. The molecule has 10 heteroatoms. The van der Waals surface area contributed by atoms with E-state index in [0.717, 1.165) is 28.5 Å². The molecular formula is C23H23FN8O. The minimum atomic E-state index is -0.216. The molecule has 9 nitrogen and oxygen atoms in total. The number of hydrogen-bond acceptors (Lipinski definition) is 7. The summed E-state index contributed by atoms with van der Waals surface area (Å²) in [5, 5.41) is 16.0. The van der Waals surface area contributed by atoms with Crippen LogP contribution in [-0.4, -0.2) is 41.5 Å². The number of aryl methyl sites for hydroxylation is 1. The molecule has 33 heavy (non-hydrogen) atoms. The number of methoxy groups -OCH3 is 1. The highest BCUT2D eigenvalue weighted by molar-refractivity contribution is 5.65. The maximum atomic E-state index is 14.0. The topological polar surface area (TPSA) is 95.0 Å². The first-order valence-electron chi connectivity index (χ1n) is 10.6. The van der Waals surface area contributed by atoms with Gasteiger partial charge >= 0.3 is 0 Å². The van der Waals surface area contributed by atoms with E-state index in [9.17, 15) is 4.39 Å². The summed E-state index contributed by atoms with van der Waals surface area (Å²) in [7, 11) is 3.33. The van der Waals surface area contributed by atoms with Crippen LogP contribution in [0.2, 0.25) is 0 Å². The van der Waals surface area contributed by atoms with Crippen LogP contribution in [0.4, 0.5) is 16.2 Å². The van der Waals surface area contributed by atoms with Crippen LogP contribution >= 0.6 is 0 Å². The van der Waals surface area contributed by atoms with Crippen molar-refractivity contribution in [1.29, 1.82) is 0 Å². The number of anilines is 2. The van der Waals surface area contributed by atoms with Crippen LogP contribution in [0.25, 0.3) is 16.9 Å². The maximum absolute atomic E-state index is 14.0. The molecule has 1 unspecified atom stereocenters. The first-order valence-corrected chi connectivity index (χ1v) is 10.6. The first-order chi connectivity index (χ1) is 16.0. The van der Waals surface area contributed by atoms with Gasteiger partial charge in [-0.05, 0) is 30.2 Å². The summed E-state index contributed by atoms with van der Waals surface area (Å²) in [6, 6.07) is 7.60. The van der Waals surface area contributed by atoms with Gasteiger partial charge in [0.1, 0.15) is 23.2 Å². The van der Waals surface area contributed by atoms with Gasteiger partial charge in [0, 0.05) is 43.9 Å². The van der Waals surface area contributed by atoms with E-state index in [1.54, 1.807) is 23.2 Å². The zero-order valence-corrected chi connectivity index (χ0v) is 18.5. The summed E-state index contributed by atoms with van der Waals surface area (Å²) < 4.78 is 22.8. The third kappa shape index (κ3) is 4.07. The number of allylic oxidation sites excluding steroid dienone is 3. The predicted molar refractivity (Wildman–Crippen MR) is 121 cm³/mol. The molecule has 0 aromatic carbocycles. The Bertz CT molecular complexity index is 1390. The Morgan fingerprint density at radius 1 is 1.21 bits per heavy atom. The van der Waals surface area contributed by atoms with Crippen molar-refractivity contribution in [2.45, 2.75) is 19.8 Å². The summed E-state index contributed by atoms with van der Waals surface area (Å²) in [5.41, 5.74) is 3.43. The molecule has 0 saturated carbocycles. The Hall–Kier alpha value is -4.08. The fraction of sp³-hybridized carbons (Fsp3) is 0.261. The van der Waals surface area contributed by atoms with Gasteiger partial charge in [0.2, 0.25) is 5.95 Å². The molecule has 0 aliphatic heterocycles. The predicted octanol–water partition coefficient (Wildman–Crippen LogP) is 4.00. The van der Waals surface area contributed by atoms with E-state index in [4.69, 9.17) is 4.74 Å². The molecule has 4 heterocycles. The third-order valence-electron chi connectivity index (χ3n) is 5.78. The lowest BCUT2D eigenvalue weighted by atomic mass is 9.89. The number of hydrogen-bond donors (Lipinski definition) is 1. The molecule has 4 aromatic rings. The Morgan fingerprint density at radius 2 is 2.09 bits per heavy atom. The van der Waals surface area contributed by atoms with Crippen molar-refractivity contribution in [2.24, 2.45) is 13.0 Å². The summed E-state index contributed by atoms with van der Waals surface area (Å²) >= 11 is 0. The van der Waals surface area contributed by atoms with Crippen LogP contribution in [0.3, 0.4) is 0 Å². The van der Waals surface area contributed by atoms with Gasteiger partial charge in [-0.1, -0.05) is 12.5 Å². The van der Waals surface area contributed by atoms with Gasteiger partial charge in [-0.3, -0.25) is 9.08 Å². The number of fused-ring (bicyclic) bond motifs is 1.